The van der Waals surface area contributed by atoms with Crippen LogP contribution in [0.5, 0.6) is 0 Å². The second-order valence-corrected chi connectivity index (χ2v) is 4.87. The number of urea groups is 1. The molecule has 0 spiro atoms. The third-order valence-electron chi connectivity index (χ3n) is 3.83. The van der Waals surface area contributed by atoms with Crippen molar-refractivity contribution >= 4 is 12.0 Å². The fourth-order valence-electron chi connectivity index (χ4n) is 1.74. The van der Waals surface area contributed by atoms with Gasteiger partial charge >= 0.3 is 12.0 Å². The van der Waals surface area contributed by atoms with Crippen LogP contribution in [0.4, 0.5) is 4.79 Å². The van der Waals surface area contributed by atoms with E-state index < -0.39 is 17.5 Å². The minimum Gasteiger partial charge on any atom is -0.480 e. The van der Waals surface area contributed by atoms with Crippen LogP contribution in [0, 0.1) is 5.92 Å². The number of hydrogen-bond acceptors (Lipinski definition) is 2. The molecule has 0 aromatic rings. The lowest BCUT2D eigenvalue weighted by molar-refractivity contribution is -0.144. The minimum absolute atomic E-state index is 0.0233. The van der Waals surface area contributed by atoms with Gasteiger partial charge in [-0.1, -0.05) is 34.1 Å². The molecular weight excluding hydrogens is 232 g/mol. The molecule has 3 N–H and O–H groups in total. The highest BCUT2D eigenvalue weighted by Gasteiger charge is 2.36. The SMILES string of the molecule is CCC(C)C(C)NC(=O)NC(CC)(CC)C(=O)O. The number of amides is 2. The first-order valence-corrected chi connectivity index (χ1v) is 6.65. The number of carbonyl (C=O) groups excluding carboxylic acids is 1. The lowest BCUT2D eigenvalue weighted by Crippen LogP contribution is -2.58. The van der Waals surface area contributed by atoms with Crippen molar-refractivity contribution in [1.82, 2.24) is 10.6 Å². The summed E-state index contributed by atoms with van der Waals surface area (Å²) >= 11 is 0. The molecule has 5 nitrogen and oxygen atoms in total. The van der Waals surface area contributed by atoms with Gasteiger partial charge in [-0.05, 0) is 25.7 Å². The maximum absolute atomic E-state index is 11.8. The average molecular weight is 258 g/mol. The Labute approximate surface area is 109 Å². The molecule has 0 fully saturated rings. The van der Waals surface area contributed by atoms with Gasteiger partial charge in [0.2, 0.25) is 0 Å². The van der Waals surface area contributed by atoms with Crippen LogP contribution in [0.3, 0.4) is 0 Å². The van der Waals surface area contributed by atoms with Gasteiger partial charge in [-0.25, -0.2) is 9.59 Å². The smallest absolute Gasteiger partial charge is 0.329 e. The Morgan fingerprint density at radius 2 is 1.67 bits per heavy atom. The maximum Gasteiger partial charge on any atom is 0.329 e. The quantitative estimate of drug-likeness (QED) is 0.656. The lowest BCUT2D eigenvalue weighted by Gasteiger charge is -2.29. The van der Waals surface area contributed by atoms with Crippen molar-refractivity contribution in [2.45, 2.75) is 65.5 Å². The summed E-state index contributed by atoms with van der Waals surface area (Å²) in [4.78, 5) is 23.1. The molecule has 2 atom stereocenters. The van der Waals surface area contributed by atoms with E-state index >= 15 is 0 Å². The van der Waals surface area contributed by atoms with Crippen LogP contribution >= 0.6 is 0 Å². The minimum atomic E-state index is -1.17. The topological polar surface area (TPSA) is 78.4 Å². The van der Waals surface area contributed by atoms with Gasteiger partial charge in [0.05, 0.1) is 0 Å². The van der Waals surface area contributed by atoms with Crippen molar-refractivity contribution in [1.29, 1.82) is 0 Å². The highest BCUT2D eigenvalue weighted by Crippen LogP contribution is 2.15. The fourth-order valence-corrected chi connectivity index (χ4v) is 1.74. The van der Waals surface area contributed by atoms with Crippen LogP contribution in [-0.4, -0.2) is 28.7 Å². The summed E-state index contributed by atoms with van der Waals surface area (Å²) < 4.78 is 0. The molecule has 0 heterocycles. The molecule has 5 heteroatoms. The lowest BCUT2D eigenvalue weighted by atomic mass is 9.93. The van der Waals surface area contributed by atoms with Gasteiger partial charge in [0.15, 0.2) is 0 Å². The molecule has 18 heavy (non-hydrogen) atoms. The number of aliphatic carboxylic acids is 1. The van der Waals surface area contributed by atoms with Crippen molar-refractivity contribution in [2.24, 2.45) is 5.92 Å². The van der Waals surface area contributed by atoms with Crippen LogP contribution in [0.2, 0.25) is 0 Å². The molecule has 0 bridgehead atoms. The zero-order chi connectivity index (χ0) is 14.3. The third-order valence-corrected chi connectivity index (χ3v) is 3.83. The van der Waals surface area contributed by atoms with Crippen molar-refractivity contribution in [3.8, 4) is 0 Å². The van der Waals surface area contributed by atoms with Crippen LogP contribution < -0.4 is 10.6 Å². The normalized spacial score (nSPS) is 14.7. The molecule has 0 aromatic carbocycles. The van der Waals surface area contributed by atoms with Gasteiger partial charge < -0.3 is 15.7 Å². The number of carbonyl (C=O) groups is 2. The molecule has 0 saturated carbocycles. The van der Waals surface area contributed by atoms with Gasteiger partial charge in [-0.3, -0.25) is 0 Å². The van der Waals surface area contributed by atoms with E-state index in [2.05, 4.69) is 24.5 Å². The molecule has 0 saturated heterocycles. The predicted molar refractivity (Wildman–Crippen MR) is 71.5 cm³/mol. The molecular formula is C13H26N2O3. The summed E-state index contributed by atoms with van der Waals surface area (Å²) in [6.45, 7) is 9.55. The zero-order valence-electron chi connectivity index (χ0n) is 12.0. The van der Waals surface area contributed by atoms with Gasteiger partial charge in [0.1, 0.15) is 5.54 Å². The molecule has 106 valence electrons. The van der Waals surface area contributed by atoms with E-state index in [0.717, 1.165) is 6.42 Å². The first-order valence-electron chi connectivity index (χ1n) is 6.65. The van der Waals surface area contributed by atoms with Crippen LogP contribution in [-0.2, 0) is 4.79 Å². The van der Waals surface area contributed by atoms with Crippen molar-refractivity contribution in [3.05, 3.63) is 0 Å². The molecule has 0 radical (unpaired) electrons. The summed E-state index contributed by atoms with van der Waals surface area (Å²) in [6, 6.07) is -0.385. The van der Waals surface area contributed by atoms with Gasteiger partial charge in [-0.15, -0.1) is 0 Å². The molecule has 0 aliphatic rings. The number of carboxylic acid groups (broad SMARTS) is 1. The Kier molecular flexibility index (Phi) is 6.73. The van der Waals surface area contributed by atoms with E-state index in [9.17, 15) is 14.7 Å². The molecule has 0 rings (SSSR count). The van der Waals surface area contributed by atoms with E-state index in [1.54, 1.807) is 13.8 Å². The van der Waals surface area contributed by atoms with E-state index in [4.69, 9.17) is 0 Å². The second-order valence-electron chi connectivity index (χ2n) is 4.87. The molecule has 0 aromatic heterocycles. The molecule has 2 amide bonds. The molecule has 0 aliphatic carbocycles. The molecule has 0 aliphatic heterocycles. The van der Waals surface area contributed by atoms with Crippen molar-refractivity contribution < 1.29 is 14.7 Å². The second kappa shape index (κ2) is 7.24. The van der Waals surface area contributed by atoms with Crippen LogP contribution in [0.25, 0.3) is 0 Å². The highest BCUT2D eigenvalue weighted by atomic mass is 16.4. The van der Waals surface area contributed by atoms with Crippen molar-refractivity contribution in [3.63, 3.8) is 0 Å². The number of hydrogen-bond donors (Lipinski definition) is 3. The Balaban J connectivity index is 4.58. The highest BCUT2D eigenvalue weighted by molar-refractivity contribution is 5.86. The maximum atomic E-state index is 11.8. The summed E-state index contributed by atoms with van der Waals surface area (Å²) in [5.41, 5.74) is -1.17. The first-order chi connectivity index (χ1) is 8.32. The number of rotatable bonds is 7. The van der Waals surface area contributed by atoms with Crippen LogP contribution in [0.1, 0.15) is 53.9 Å². The van der Waals surface area contributed by atoms with E-state index in [1.807, 2.05) is 6.92 Å². The van der Waals surface area contributed by atoms with Crippen molar-refractivity contribution in [2.75, 3.05) is 0 Å². The third kappa shape index (κ3) is 4.20. The largest absolute Gasteiger partial charge is 0.480 e. The Hall–Kier alpha value is -1.26. The standard InChI is InChI=1S/C13H26N2O3/c1-6-9(4)10(5)14-12(18)15-13(7-2,8-3)11(16)17/h9-10H,6-8H2,1-5H3,(H,16,17)(H2,14,15,18). The van der Waals surface area contributed by atoms with E-state index in [1.165, 1.54) is 0 Å². The zero-order valence-corrected chi connectivity index (χ0v) is 12.0. The van der Waals surface area contributed by atoms with E-state index in [0.29, 0.717) is 18.8 Å². The van der Waals surface area contributed by atoms with Gasteiger partial charge in [0.25, 0.3) is 0 Å². The average Bonchev–Trinajstić information content (AvgIpc) is 2.34. The first kappa shape index (κ1) is 16.7. The number of nitrogens with one attached hydrogen (secondary N) is 2. The summed E-state index contributed by atoms with van der Waals surface area (Å²) in [6.07, 6.45) is 1.70. The monoisotopic (exact) mass is 258 g/mol. The molecule has 2 unspecified atom stereocenters. The van der Waals surface area contributed by atoms with Gasteiger partial charge in [-0.2, -0.15) is 0 Å². The summed E-state index contributed by atoms with van der Waals surface area (Å²) in [5, 5.41) is 14.6. The van der Waals surface area contributed by atoms with Gasteiger partial charge in [0, 0.05) is 6.04 Å². The Bertz CT molecular complexity index is 288. The predicted octanol–water partition coefficient (Wildman–Crippen LogP) is 2.36. The van der Waals surface area contributed by atoms with Crippen LogP contribution in [0.15, 0.2) is 0 Å². The van der Waals surface area contributed by atoms with E-state index in [-0.39, 0.29) is 6.04 Å². The summed E-state index contributed by atoms with van der Waals surface area (Å²) in [5.74, 6) is -0.628. The Morgan fingerprint density at radius 3 is 2.00 bits per heavy atom. The number of carboxylic acids is 1. The summed E-state index contributed by atoms with van der Waals surface area (Å²) in [7, 11) is 0. The Morgan fingerprint density at radius 1 is 1.17 bits per heavy atom. The fraction of sp³-hybridized carbons (Fsp3) is 0.846.